The zero-order valence-electron chi connectivity index (χ0n) is 14.1. The molecular weight excluding hydrogens is 288 g/mol. The minimum absolute atomic E-state index is 0.379. The molecule has 0 spiro atoms. The molecule has 126 valence electrons. The van der Waals surface area contributed by atoms with Gasteiger partial charge in [-0.15, -0.1) is 0 Å². The summed E-state index contributed by atoms with van der Waals surface area (Å²) in [5.74, 6) is 1.52. The zero-order valence-corrected chi connectivity index (χ0v) is 14.9. The average molecular weight is 321 g/mol. The molecule has 0 amide bonds. The predicted molar refractivity (Wildman–Crippen MR) is 90.1 cm³/mol. The summed E-state index contributed by atoms with van der Waals surface area (Å²) >= 11 is 0. The van der Waals surface area contributed by atoms with Crippen molar-refractivity contribution < 1.29 is 8.42 Å². The lowest BCUT2D eigenvalue weighted by Gasteiger charge is -2.18. The fraction of sp³-hybridized carbons (Fsp3) is 0.929. The second kappa shape index (κ2) is 10.8. The first-order valence-corrected chi connectivity index (χ1v) is 9.55. The summed E-state index contributed by atoms with van der Waals surface area (Å²) < 4.78 is 24.3. The maximum Gasteiger partial charge on any atom is 0.208 e. The quantitative estimate of drug-likeness (QED) is 0.322. The van der Waals surface area contributed by atoms with E-state index in [2.05, 4.69) is 41.1 Å². The van der Waals surface area contributed by atoms with Crippen LogP contribution in [0.25, 0.3) is 0 Å². The Kier molecular flexibility index (Phi) is 10.4. The first-order valence-electron chi connectivity index (χ1n) is 7.66. The summed E-state index contributed by atoms with van der Waals surface area (Å²) in [6, 6.07) is 0.379. The minimum atomic E-state index is -3.09. The molecule has 0 radical (unpaired) electrons. The molecule has 0 aliphatic heterocycles. The van der Waals surface area contributed by atoms with Gasteiger partial charge >= 0.3 is 0 Å². The third-order valence-corrected chi connectivity index (χ3v) is 3.76. The van der Waals surface area contributed by atoms with E-state index in [1.165, 1.54) is 19.1 Å². The molecule has 0 saturated carbocycles. The topological polar surface area (TPSA) is 82.6 Å². The maximum absolute atomic E-state index is 10.9. The van der Waals surface area contributed by atoms with Crippen LogP contribution in [0.1, 0.15) is 46.5 Å². The van der Waals surface area contributed by atoms with Gasteiger partial charge in [-0.3, -0.25) is 4.99 Å². The van der Waals surface area contributed by atoms with Crippen molar-refractivity contribution >= 4 is 16.0 Å². The maximum atomic E-state index is 10.9. The molecule has 0 aromatic carbocycles. The van der Waals surface area contributed by atoms with Gasteiger partial charge in [0.25, 0.3) is 0 Å². The molecule has 0 fully saturated rings. The van der Waals surface area contributed by atoms with Crippen LogP contribution < -0.4 is 15.4 Å². The lowest BCUT2D eigenvalue weighted by Crippen LogP contribution is -2.43. The number of guanidine groups is 1. The molecule has 0 saturated heterocycles. The molecule has 0 aromatic rings. The number of hydrogen-bond donors (Lipinski definition) is 3. The second-order valence-electron chi connectivity index (χ2n) is 5.89. The van der Waals surface area contributed by atoms with Gasteiger partial charge in [0, 0.05) is 26.2 Å². The molecule has 6 nitrogen and oxygen atoms in total. The summed E-state index contributed by atoms with van der Waals surface area (Å²) in [5.41, 5.74) is 0. The van der Waals surface area contributed by atoms with E-state index >= 15 is 0 Å². The SMILES string of the molecule is CN=C(NCCCNS(C)(=O)=O)NC(C)CCCC(C)C. The Morgan fingerprint density at radius 2 is 1.76 bits per heavy atom. The summed E-state index contributed by atoms with van der Waals surface area (Å²) in [5, 5.41) is 6.54. The van der Waals surface area contributed by atoms with Crippen LogP contribution >= 0.6 is 0 Å². The Hall–Kier alpha value is -0.820. The van der Waals surface area contributed by atoms with Crippen LogP contribution in [-0.4, -0.2) is 46.8 Å². The number of nitrogens with zero attached hydrogens (tertiary/aromatic N) is 1. The van der Waals surface area contributed by atoms with Crippen molar-refractivity contribution in [3.8, 4) is 0 Å². The van der Waals surface area contributed by atoms with Crippen molar-refractivity contribution in [2.45, 2.75) is 52.5 Å². The summed E-state index contributed by atoms with van der Waals surface area (Å²) in [6.07, 6.45) is 5.46. The van der Waals surface area contributed by atoms with Gasteiger partial charge in [-0.05, 0) is 25.7 Å². The van der Waals surface area contributed by atoms with Crippen LogP contribution in [0.15, 0.2) is 4.99 Å². The molecule has 0 aromatic heterocycles. The summed E-state index contributed by atoms with van der Waals surface area (Å²) in [6.45, 7) is 7.75. The lowest BCUT2D eigenvalue weighted by atomic mass is 10.0. The van der Waals surface area contributed by atoms with E-state index in [0.29, 0.717) is 19.1 Å². The third-order valence-electron chi connectivity index (χ3n) is 3.04. The Balaban J connectivity index is 3.80. The van der Waals surface area contributed by atoms with Gasteiger partial charge in [0.15, 0.2) is 5.96 Å². The largest absolute Gasteiger partial charge is 0.356 e. The normalized spacial score (nSPS) is 14.3. The van der Waals surface area contributed by atoms with Crippen LogP contribution in [0, 0.1) is 5.92 Å². The molecule has 7 heteroatoms. The van der Waals surface area contributed by atoms with Gasteiger partial charge in [-0.2, -0.15) is 0 Å². The average Bonchev–Trinajstić information content (AvgIpc) is 2.35. The Labute approximate surface area is 130 Å². The standard InChI is InChI=1S/C14H32N4O2S/c1-12(2)8-6-9-13(3)18-14(15-4)16-10-7-11-17-21(5,19)20/h12-13,17H,6-11H2,1-5H3,(H2,15,16,18). The van der Waals surface area contributed by atoms with E-state index in [4.69, 9.17) is 0 Å². The van der Waals surface area contributed by atoms with Gasteiger partial charge in [0.1, 0.15) is 0 Å². The highest BCUT2D eigenvalue weighted by Crippen LogP contribution is 2.07. The highest BCUT2D eigenvalue weighted by molar-refractivity contribution is 7.88. The van der Waals surface area contributed by atoms with Crippen molar-refractivity contribution in [1.29, 1.82) is 0 Å². The fourth-order valence-corrected chi connectivity index (χ4v) is 2.40. The number of sulfonamides is 1. The zero-order chi connectivity index (χ0) is 16.3. The molecule has 1 atom stereocenters. The van der Waals surface area contributed by atoms with Gasteiger partial charge < -0.3 is 10.6 Å². The van der Waals surface area contributed by atoms with E-state index in [9.17, 15) is 8.42 Å². The van der Waals surface area contributed by atoms with Crippen LogP contribution in [0.4, 0.5) is 0 Å². The van der Waals surface area contributed by atoms with Gasteiger partial charge in [0.05, 0.1) is 6.26 Å². The van der Waals surface area contributed by atoms with Crippen LogP contribution in [-0.2, 0) is 10.0 Å². The predicted octanol–water partition coefficient (Wildman–Crippen LogP) is 1.31. The van der Waals surface area contributed by atoms with Crippen LogP contribution in [0.3, 0.4) is 0 Å². The molecular formula is C14H32N4O2S. The fourth-order valence-electron chi connectivity index (χ4n) is 1.89. The number of rotatable bonds is 10. The molecule has 0 bridgehead atoms. The monoisotopic (exact) mass is 320 g/mol. The van der Waals surface area contributed by atoms with Crippen molar-refractivity contribution in [2.75, 3.05) is 26.4 Å². The van der Waals surface area contributed by atoms with E-state index < -0.39 is 10.0 Å². The highest BCUT2D eigenvalue weighted by atomic mass is 32.2. The molecule has 3 N–H and O–H groups in total. The van der Waals surface area contributed by atoms with E-state index in [1.54, 1.807) is 7.05 Å². The highest BCUT2D eigenvalue weighted by Gasteiger charge is 2.05. The van der Waals surface area contributed by atoms with Gasteiger partial charge in [0.2, 0.25) is 10.0 Å². The van der Waals surface area contributed by atoms with Crippen molar-refractivity contribution in [1.82, 2.24) is 15.4 Å². The lowest BCUT2D eigenvalue weighted by molar-refractivity contribution is 0.491. The van der Waals surface area contributed by atoms with Gasteiger partial charge in [-0.25, -0.2) is 13.1 Å². The minimum Gasteiger partial charge on any atom is -0.356 e. The summed E-state index contributed by atoms with van der Waals surface area (Å²) in [4.78, 5) is 4.17. The van der Waals surface area contributed by atoms with Crippen LogP contribution in [0.2, 0.25) is 0 Å². The van der Waals surface area contributed by atoms with Crippen molar-refractivity contribution in [3.63, 3.8) is 0 Å². The van der Waals surface area contributed by atoms with E-state index in [0.717, 1.165) is 24.7 Å². The van der Waals surface area contributed by atoms with E-state index in [1.807, 2.05) is 0 Å². The smallest absolute Gasteiger partial charge is 0.208 e. The number of hydrogen-bond acceptors (Lipinski definition) is 3. The Morgan fingerprint density at radius 1 is 1.10 bits per heavy atom. The van der Waals surface area contributed by atoms with Crippen molar-refractivity contribution in [3.05, 3.63) is 0 Å². The molecule has 0 heterocycles. The molecule has 0 aliphatic rings. The van der Waals surface area contributed by atoms with Crippen molar-refractivity contribution in [2.24, 2.45) is 10.9 Å². The Morgan fingerprint density at radius 3 is 2.29 bits per heavy atom. The molecule has 21 heavy (non-hydrogen) atoms. The second-order valence-corrected chi connectivity index (χ2v) is 7.72. The molecule has 0 rings (SSSR count). The number of nitrogens with one attached hydrogen (secondary N) is 3. The molecule has 0 aliphatic carbocycles. The first-order chi connectivity index (χ1) is 9.74. The first kappa shape index (κ1) is 20.2. The summed E-state index contributed by atoms with van der Waals surface area (Å²) in [7, 11) is -1.35. The van der Waals surface area contributed by atoms with Gasteiger partial charge in [-0.1, -0.05) is 26.7 Å². The third kappa shape index (κ3) is 13.9. The molecule has 1 unspecified atom stereocenters. The van der Waals surface area contributed by atoms with E-state index in [-0.39, 0.29) is 0 Å². The Bertz CT molecular complexity index is 394. The van der Waals surface area contributed by atoms with Crippen LogP contribution in [0.5, 0.6) is 0 Å². The number of aliphatic imine (C=N–C) groups is 1.